The van der Waals surface area contributed by atoms with E-state index in [0.29, 0.717) is 17.1 Å². The second kappa shape index (κ2) is 8.37. The maximum Gasteiger partial charge on any atom is 0.269 e. The van der Waals surface area contributed by atoms with Crippen molar-refractivity contribution in [1.82, 2.24) is 5.32 Å². The van der Waals surface area contributed by atoms with E-state index in [2.05, 4.69) is 10.6 Å². The Hall–Kier alpha value is -2.51. The molecule has 6 nitrogen and oxygen atoms in total. The first kappa shape index (κ1) is 17.8. The van der Waals surface area contributed by atoms with Gasteiger partial charge in [-0.25, -0.2) is 0 Å². The molecule has 0 aliphatic rings. The third kappa shape index (κ3) is 5.29. The smallest absolute Gasteiger partial charge is 0.269 e. The number of amides is 1. The number of benzene rings is 2. The zero-order valence-corrected chi connectivity index (χ0v) is 14.1. The summed E-state index contributed by atoms with van der Waals surface area (Å²) < 4.78 is 0. The number of thiocarbonyl (C=S) groups is 1. The van der Waals surface area contributed by atoms with Crippen LogP contribution in [0, 0.1) is 10.1 Å². The van der Waals surface area contributed by atoms with Gasteiger partial charge in [-0.3, -0.25) is 14.9 Å². The molecular formula is C16H14ClN3O3S. The van der Waals surface area contributed by atoms with E-state index in [9.17, 15) is 14.9 Å². The monoisotopic (exact) mass is 363 g/mol. The Labute approximate surface area is 149 Å². The van der Waals surface area contributed by atoms with Crippen molar-refractivity contribution >= 4 is 46.2 Å². The van der Waals surface area contributed by atoms with Gasteiger partial charge in [-0.15, -0.1) is 0 Å². The lowest BCUT2D eigenvalue weighted by Crippen LogP contribution is -2.34. The molecule has 1 amide bonds. The highest BCUT2D eigenvalue weighted by atomic mass is 35.5. The SMILES string of the molecule is O=C(CCc1ccccc1Cl)NC(=S)Nc1ccc([N+](=O)[O-])cc1. The molecule has 0 saturated heterocycles. The van der Waals surface area contributed by atoms with Crippen LogP contribution in [0.25, 0.3) is 0 Å². The largest absolute Gasteiger partial charge is 0.332 e. The number of anilines is 1. The van der Waals surface area contributed by atoms with Gasteiger partial charge >= 0.3 is 0 Å². The standard InChI is InChI=1S/C16H14ClN3O3S/c17-14-4-2-1-3-11(14)5-10-15(21)19-16(24)18-12-6-8-13(9-7-12)20(22)23/h1-4,6-9H,5,10H2,(H2,18,19,21,24). The van der Waals surface area contributed by atoms with Crippen molar-refractivity contribution in [3.8, 4) is 0 Å². The van der Waals surface area contributed by atoms with Crippen molar-refractivity contribution in [3.63, 3.8) is 0 Å². The average Bonchev–Trinajstić information content (AvgIpc) is 2.54. The normalized spacial score (nSPS) is 10.0. The van der Waals surface area contributed by atoms with E-state index in [1.54, 1.807) is 6.07 Å². The first-order chi connectivity index (χ1) is 11.5. The average molecular weight is 364 g/mol. The topological polar surface area (TPSA) is 84.3 Å². The number of nitro benzene ring substituents is 1. The summed E-state index contributed by atoms with van der Waals surface area (Å²) >= 11 is 11.1. The Bertz CT molecular complexity index is 765. The van der Waals surface area contributed by atoms with Gasteiger partial charge in [0.05, 0.1) is 4.92 Å². The number of nitrogens with zero attached hydrogens (tertiary/aromatic N) is 1. The summed E-state index contributed by atoms with van der Waals surface area (Å²) in [5.74, 6) is -0.241. The second-order valence-electron chi connectivity index (χ2n) is 4.90. The van der Waals surface area contributed by atoms with Gasteiger partial charge in [0.15, 0.2) is 5.11 Å². The van der Waals surface area contributed by atoms with Crippen LogP contribution in [-0.4, -0.2) is 15.9 Å². The van der Waals surface area contributed by atoms with Gasteiger partial charge in [-0.2, -0.15) is 0 Å². The molecule has 0 fully saturated rings. The van der Waals surface area contributed by atoms with E-state index in [4.69, 9.17) is 23.8 Å². The lowest BCUT2D eigenvalue weighted by atomic mass is 10.1. The van der Waals surface area contributed by atoms with Crippen LogP contribution in [0.1, 0.15) is 12.0 Å². The number of nitro groups is 1. The third-order valence-corrected chi connectivity index (χ3v) is 3.74. The minimum Gasteiger partial charge on any atom is -0.332 e. The van der Waals surface area contributed by atoms with Gasteiger partial charge < -0.3 is 10.6 Å². The van der Waals surface area contributed by atoms with Gasteiger partial charge in [-0.1, -0.05) is 29.8 Å². The maximum atomic E-state index is 11.9. The Morgan fingerprint density at radius 3 is 2.46 bits per heavy atom. The highest BCUT2D eigenvalue weighted by Crippen LogP contribution is 2.17. The number of carbonyl (C=O) groups is 1. The molecule has 24 heavy (non-hydrogen) atoms. The molecule has 124 valence electrons. The number of rotatable bonds is 5. The van der Waals surface area contributed by atoms with Gasteiger partial charge in [0.1, 0.15) is 0 Å². The number of halogens is 1. The lowest BCUT2D eigenvalue weighted by Gasteiger charge is -2.09. The van der Waals surface area contributed by atoms with Gasteiger partial charge in [0.25, 0.3) is 5.69 Å². The van der Waals surface area contributed by atoms with Gasteiger partial charge in [0.2, 0.25) is 5.91 Å². The molecule has 0 unspecified atom stereocenters. The molecule has 0 saturated carbocycles. The summed E-state index contributed by atoms with van der Waals surface area (Å²) in [4.78, 5) is 22.0. The number of hydrogen-bond donors (Lipinski definition) is 2. The van der Waals surface area contributed by atoms with Crippen molar-refractivity contribution < 1.29 is 9.72 Å². The summed E-state index contributed by atoms with van der Waals surface area (Å²) in [5.41, 5.74) is 1.43. The van der Waals surface area contributed by atoms with E-state index < -0.39 is 4.92 Å². The van der Waals surface area contributed by atoms with Crippen LogP contribution >= 0.6 is 23.8 Å². The van der Waals surface area contributed by atoms with E-state index >= 15 is 0 Å². The number of non-ortho nitro benzene ring substituents is 1. The van der Waals surface area contributed by atoms with Crippen molar-refractivity contribution in [1.29, 1.82) is 0 Å². The zero-order chi connectivity index (χ0) is 17.5. The fourth-order valence-electron chi connectivity index (χ4n) is 1.97. The molecule has 0 heterocycles. The molecule has 2 rings (SSSR count). The molecule has 0 aliphatic heterocycles. The van der Waals surface area contributed by atoms with Crippen LogP contribution in [0.4, 0.5) is 11.4 Å². The molecule has 8 heteroatoms. The number of carbonyl (C=O) groups excluding carboxylic acids is 1. The van der Waals surface area contributed by atoms with Gasteiger partial charge in [0, 0.05) is 29.3 Å². The zero-order valence-electron chi connectivity index (χ0n) is 12.5. The molecule has 0 aliphatic carbocycles. The fourth-order valence-corrected chi connectivity index (χ4v) is 2.43. The minimum atomic E-state index is -0.488. The third-order valence-electron chi connectivity index (χ3n) is 3.17. The van der Waals surface area contributed by atoms with Gasteiger partial charge in [-0.05, 0) is 42.4 Å². The molecule has 2 aromatic rings. The number of hydrogen-bond acceptors (Lipinski definition) is 4. The van der Waals surface area contributed by atoms with Crippen LogP contribution in [0.3, 0.4) is 0 Å². The quantitative estimate of drug-likeness (QED) is 0.480. The maximum absolute atomic E-state index is 11.9. The Kier molecular flexibility index (Phi) is 6.22. The van der Waals surface area contributed by atoms with E-state index in [1.165, 1.54) is 24.3 Å². The molecule has 0 spiro atoms. The predicted molar refractivity (Wildman–Crippen MR) is 97.2 cm³/mol. The highest BCUT2D eigenvalue weighted by Gasteiger charge is 2.08. The minimum absolute atomic E-state index is 0.0183. The van der Waals surface area contributed by atoms with Crippen LogP contribution in [0.2, 0.25) is 5.02 Å². The Morgan fingerprint density at radius 1 is 1.17 bits per heavy atom. The lowest BCUT2D eigenvalue weighted by molar-refractivity contribution is -0.384. The Balaban J connectivity index is 1.82. The van der Waals surface area contributed by atoms with E-state index in [0.717, 1.165) is 5.56 Å². The van der Waals surface area contributed by atoms with Crippen molar-refractivity contribution in [2.24, 2.45) is 0 Å². The van der Waals surface area contributed by atoms with Crippen molar-refractivity contribution in [2.45, 2.75) is 12.8 Å². The fraction of sp³-hybridized carbons (Fsp3) is 0.125. The van der Waals surface area contributed by atoms with Crippen molar-refractivity contribution in [3.05, 3.63) is 69.2 Å². The molecule has 2 aromatic carbocycles. The number of aryl methyl sites for hydroxylation is 1. The predicted octanol–water partition coefficient (Wildman–Crippen LogP) is 3.69. The number of nitrogens with one attached hydrogen (secondary N) is 2. The summed E-state index contributed by atoms with van der Waals surface area (Å²) in [6.07, 6.45) is 0.747. The summed E-state index contributed by atoms with van der Waals surface area (Å²) in [7, 11) is 0. The molecule has 0 atom stereocenters. The second-order valence-corrected chi connectivity index (χ2v) is 5.71. The first-order valence-corrected chi connectivity index (χ1v) is 7.83. The molecule has 0 bridgehead atoms. The molecule has 0 aromatic heterocycles. The van der Waals surface area contributed by atoms with Crippen LogP contribution in [-0.2, 0) is 11.2 Å². The summed E-state index contributed by atoms with van der Waals surface area (Å²) in [5, 5.41) is 16.7. The van der Waals surface area contributed by atoms with Crippen LogP contribution in [0.15, 0.2) is 48.5 Å². The first-order valence-electron chi connectivity index (χ1n) is 7.04. The molecule has 0 radical (unpaired) electrons. The summed E-state index contributed by atoms with van der Waals surface area (Å²) in [6, 6.07) is 13.1. The Morgan fingerprint density at radius 2 is 1.83 bits per heavy atom. The molecule has 2 N–H and O–H groups in total. The highest BCUT2D eigenvalue weighted by molar-refractivity contribution is 7.80. The van der Waals surface area contributed by atoms with E-state index in [1.807, 2.05) is 18.2 Å². The molecular weight excluding hydrogens is 350 g/mol. The summed E-state index contributed by atoms with van der Waals surface area (Å²) in [6.45, 7) is 0. The van der Waals surface area contributed by atoms with Crippen LogP contribution < -0.4 is 10.6 Å². The van der Waals surface area contributed by atoms with Crippen molar-refractivity contribution in [2.75, 3.05) is 5.32 Å². The van der Waals surface area contributed by atoms with Crippen LogP contribution in [0.5, 0.6) is 0 Å². The van der Waals surface area contributed by atoms with E-state index in [-0.39, 0.29) is 23.1 Å².